The van der Waals surface area contributed by atoms with Crippen LogP contribution in [0.25, 0.3) is 10.8 Å². The van der Waals surface area contributed by atoms with Gasteiger partial charge in [0.2, 0.25) is 0 Å². The Balaban J connectivity index is 1.78. The van der Waals surface area contributed by atoms with E-state index in [1.807, 2.05) is 48.5 Å². The van der Waals surface area contributed by atoms with E-state index in [1.54, 1.807) is 30.5 Å². The van der Waals surface area contributed by atoms with Crippen molar-refractivity contribution in [3.8, 4) is 0 Å². The lowest BCUT2D eigenvalue weighted by molar-refractivity contribution is 0.0519. The van der Waals surface area contributed by atoms with Gasteiger partial charge in [0.25, 0.3) is 0 Å². The summed E-state index contributed by atoms with van der Waals surface area (Å²) in [5, 5.41) is 5.98. The lowest BCUT2D eigenvalue weighted by Crippen LogP contribution is -2.00. The molecule has 0 bridgehead atoms. The largest absolute Gasteiger partial charge is 0.365 e. The van der Waals surface area contributed by atoms with Crippen LogP contribution in [-0.4, -0.2) is 12.2 Å². The zero-order valence-corrected chi connectivity index (χ0v) is 11.3. The number of oxime groups is 1. The van der Waals surface area contributed by atoms with Gasteiger partial charge in [-0.25, -0.2) is 4.79 Å². The maximum Gasteiger partial charge on any atom is 0.365 e. The van der Waals surface area contributed by atoms with Crippen LogP contribution in [0.1, 0.15) is 15.9 Å². The molecule has 3 aromatic carbocycles. The molecule has 0 heterocycles. The van der Waals surface area contributed by atoms with Gasteiger partial charge in [-0.3, -0.25) is 0 Å². The zero-order chi connectivity index (χ0) is 14.5. The van der Waals surface area contributed by atoms with Crippen LogP contribution in [0, 0.1) is 0 Å². The van der Waals surface area contributed by atoms with Gasteiger partial charge in [-0.1, -0.05) is 65.8 Å². The Morgan fingerprint density at radius 3 is 2.43 bits per heavy atom. The molecule has 3 aromatic rings. The number of rotatable bonds is 3. The van der Waals surface area contributed by atoms with Gasteiger partial charge >= 0.3 is 5.97 Å². The van der Waals surface area contributed by atoms with Crippen LogP contribution in [0.4, 0.5) is 0 Å². The first-order chi connectivity index (χ1) is 10.3. The lowest BCUT2D eigenvalue weighted by Gasteiger charge is -2.01. The highest BCUT2D eigenvalue weighted by atomic mass is 16.7. The Kier molecular flexibility index (Phi) is 3.74. The summed E-state index contributed by atoms with van der Waals surface area (Å²) in [5.74, 6) is -0.466. The second kappa shape index (κ2) is 6.01. The highest BCUT2D eigenvalue weighted by Crippen LogP contribution is 2.16. The number of hydrogen-bond donors (Lipinski definition) is 0. The van der Waals surface area contributed by atoms with E-state index in [-0.39, 0.29) is 0 Å². The average Bonchev–Trinajstić information content (AvgIpc) is 2.56. The van der Waals surface area contributed by atoms with Gasteiger partial charge in [0, 0.05) is 5.56 Å². The third kappa shape index (κ3) is 2.98. The molecule has 102 valence electrons. The van der Waals surface area contributed by atoms with Crippen molar-refractivity contribution in [3.05, 3.63) is 83.9 Å². The van der Waals surface area contributed by atoms with Crippen LogP contribution < -0.4 is 0 Å². The van der Waals surface area contributed by atoms with Gasteiger partial charge in [-0.05, 0) is 22.9 Å². The fraction of sp³-hybridized carbons (Fsp3) is 0. The van der Waals surface area contributed by atoms with Gasteiger partial charge in [0.05, 0.1) is 11.8 Å². The highest BCUT2D eigenvalue weighted by Gasteiger charge is 2.05. The van der Waals surface area contributed by atoms with Crippen molar-refractivity contribution < 1.29 is 9.63 Å². The molecule has 0 atom stereocenters. The fourth-order valence-corrected chi connectivity index (χ4v) is 2.12. The summed E-state index contributed by atoms with van der Waals surface area (Å²) < 4.78 is 0. The minimum atomic E-state index is -0.466. The van der Waals surface area contributed by atoms with Crippen molar-refractivity contribution in [2.75, 3.05) is 0 Å². The van der Waals surface area contributed by atoms with Gasteiger partial charge in [0.1, 0.15) is 0 Å². The molecule has 0 aliphatic carbocycles. The van der Waals surface area contributed by atoms with E-state index < -0.39 is 5.97 Å². The van der Waals surface area contributed by atoms with Gasteiger partial charge in [-0.15, -0.1) is 0 Å². The van der Waals surface area contributed by atoms with Crippen molar-refractivity contribution in [1.82, 2.24) is 0 Å². The number of fused-ring (bicyclic) bond motifs is 1. The van der Waals surface area contributed by atoms with E-state index in [0.717, 1.165) is 16.3 Å². The summed E-state index contributed by atoms with van der Waals surface area (Å²) in [6, 6.07) is 22.7. The molecular formula is C18H13NO2. The molecular weight excluding hydrogens is 262 g/mol. The van der Waals surface area contributed by atoms with E-state index in [9.17, 15) is 4.79 Å². The monoisotopic (exact) mass is 275 g/mol. The topological polar surface area (TPSA) is 38.7 Å². The Morgan fingerprint density at radius 1 is 0.857 bits per heavy atom. The molecule has 0 fully saturated rings. The highest BCUT2D eigenvalue weighted by molar-refractivity contribution is 5.99. The first-order valence-corrected chi connectivity index (χ1v) is 6.62. The second-order valence-electron chi connectivity index (χ2n) is 4.55. The summed E-state index contributed by atoms with van der Waals surface area (Å²) in [5.41, 5.74) is 1.39. The van der Waals surface area contributed by atoms with Crippen molar-refractivity contribution in [3.63, 3.8) is 0 Å². The molecule has 3 heteroatoms. The minimum Gasteiger partial charge on any atom is -0.313 e. The van der Waals surface area contributed by atoms with Crippen LogP contribution in [-0.2, 0) is 4.84 Å². The maximum absolute atomic E-state index is 11.8. The van der Waals surface area contributed by atoms with Gasteiger partial charge < -0.3 is 4.84 Å². The minimum absolute atomic E-state index is 0.466. The summed E-state index contributed by atoms with van der Waals surface area (Å²) >= 11 is 0. The molecule has 0 unspecified atom stereocenters. The molecule has 0 saturated heterocycles. The number of nitrogens with zero attached hydrogens (tertiary/aromatic N) is 1. The van der Waals surface area contributed by atoms with E-state index in [2.05, 4.69) is 5.16 Å². The van der Waals surface area contributed by atoms with Crippen LogP contribution in [0.15, 0.2) is 78.0 Å². The predicted octanol–water partition coefficient (Wildman–Crippen LogP) is 4.03. The molecule has 0 aliphatic heterocycles. The van der Waals surface area contributed by atoms with Gasteiger partial charge in [-0.2, -0.15) is 0 Å². The zero-order valence-electron chi connectivity index (χ0n) is 11.3. The summed E-state index contributed by atoms with van der Waals surface area (Å²) in [6.45, 7) is 0. The summed E-state index contributed by atoms with van der Waals surface area (Å²) in [4.78, 5) is 16.7. The van der Waals surface area contributed by atoms with Gasteiger partial charge in [0.15, 0.2) is 0 Å². The quantitative estimate of drug-likeness (QED) is 0.411. The second-order valence-corrected chi connectivity index (χ2v) is 4.55. The van der Waals surface area contributed by atoms with E-state index in [1.165, 1.54) is 0 Å². The third-order valence-electron chi connectivity index (χ3n) is 3.16. The smallest absolute Gasteiger partial charge is 0.313 e. The average molecular weight is 275 g/mol. The molecule has 0 aromatic heterocycles. The van der Waals surface area contributed by atoms with Crippen LogP contribution in [0.3, 0.4) is 0 Å². The number of carbonyl (C=O) groups excluding carboxylic acids is 1. The van der Waals surface area contributed by atoms with E-state index >= 15 is 0 Å². The number of benzene rings is 3. The summed E-state index contributed by atoms with van der Waals surface area (Å²) in [6.07, 6.45) is 1.56. The first kappa shape index (κ1) is 13.1. The predicted molar refractivity (Wildman–Crippen MR) is 83.4 cm³/mol. The van der Waals surface area contributed by atoms with E-state index in [4.69, 9.17) is 4.84 Å². The van der Waals surface area contributed by atoms with Crippen molar-refractivity contribution in [2.45, 2.75) is 0 Å². The molecule has 0 amide bonds. The SMILES string of the molecule is O=C(O/N=C/c1cccc2ccccc12)c1ccccc1. The molecule has 3 nitrogen and oxygen atoms in total. The van der Waals surface area contributed by atoms with Crippen molar-refractivity contribution >= 4 is 23.0 Å². The van der Waals surface area contributed by atoms with Crippen molar-refractivity contribution in [2.24, 2.45) is 5.16 Å². The Labute approximate surface area is 122 Å². The fourth-order valence-electron chi connectivity index (χ4n) is 2.12. The Morgan fingerprint density at radius 2 is 1.57 bits per heavy atom. The van der Waals surface area contributed by atoms with Crippen LogP contribution in [0.2, 0.25) is 0 Å². The molecule has 0 aliphatic rings. The molecule has 0 radical (unpaired) electrons. The molecule has 0 saturated carbocycles. The molecule has 0 spiro atoms. The number of carbonyl (C=O) groups is 1. The lowest BCUT2D eigenvalue weighted by atomic mass is 10.1. The molecule has 3 rings (SSSR count). The van der Waals surface area contributed by atoms with Crippen LogP contribution in [0.5, 0.6) is 0 Å². The standard InChI is InChI=1S/C18H13NO2/c20-18(15-8-2-1-3-9-15)21-19-13-16-11-6-10-14-7-4-5-12-17(14)16/h1-13H/b19-13+. The summed E-state index contributed by atoms with van der Waals surface area (Å²) in [7, 11) is 0. The Bertz CT molecular complexity index is 789. The number of hydrogen-bond acceptors (Lipinski definition) is 3. The Hall–Kier alpha value is -2.94. The molecule has 21 heavy (non-hydrogen) atoms. The van der Waals surface area contributed by atoms with Crippen LogP contribution >= 0.6 is 0 Å². The first-order valence-electron chi connectivity index (χ1n) is 6.62. The van der Waals surface area contributed by atoms with Crippen molar-refractivity contribution in [1.29, 1.82) is 0 Å². The normalized spacial score (nSPS) is 10.9. The molecule has 0 N–H and O–H groups in total. The maximum atomic E-state index is 11.8. The third-order valence-corrected chi connectivity index (χ3v) is 3.16. The van der Waals surface area contributed by atoms with E-state index in [0.29, 0.717) is 5.56 Å².